The number of anilines is 1. The van der Waals surface area contributed by atoms with E-state index < -0.39 is 0 Å². The Hall–Kier alpha value is -2.16. The Labute approximate surface area is 171 Å². The van der Waals surface area contributed by atoms with Gasteiger partial charge in [0.1, 0.15) is 5.75 Å². The predicted octanol–water partition coefficient (Wildman–Crippen LogP) is 3.66. The van der Waals surface area contributed by atoms with Crippen molar-refractivity contribution in [1.82, 2.24) is 5.32 Å². The van der Waals surface area contributed by atoms with Crippen LogP contribution < -0.4 is 24.8 Å². The summed E-state index contributed by atoms with van der Waals surface area (Å²) >= 11 is 0. The van der Waals surface area contributed by atoms with Crippen LogP contribution in [0.4, 0.5) is 5.69 Å². The second-order valence-electron chi connectivity index (χ2n) is 5.61. The number of fused-ring (bicyclic) bond motifs is 1. The van der Waals surface area contributed by atoms with E-state index in [0.29, 0.717) is 25.7 Å². The van der Waals surface area contributed by atoms with E-state index in [1.165, 1.54) is 0 Å². The lowest BCUT2D eigenvalue weighted by Crippen LogP contribution is -2.30. The molecule has 0 aliphatic carbocycles. The molecule has 3 rings (SSSR count). The van der Waals surface area contributed by atoms with Crippen LogP contribution >= 0.6 is 24.0 Å². The van der Waals surface area contributed by atoms with E-state index in [1.807, 2.05) is 42.5 Å². The zero-order valence-electron chi connectivity index (χ0n) is 15.0. The van der Waals surface area contributed by atoms with Gasteiger partial charge in [0.05, 0.1) is 20.3 Å². The van der Waals surface area contributed by atoms with Crippen LogP contribution in [0, 0.1) is 0 Å². The number of benzene rings is 2. The van der Waals surface area contributed by atoms with Crippen LogP contribution in [0.5, 0.6) is 17.2 Å². The fraction of sp³-hybridized carbons (Fsp3) is 0.316. The van der Waals surface area contributed by atoms with E-state index in [2.05, 4.69) is 15.6 Å². The van der Waals surface area contributed by atoms with Crippen molar-refractivity contribution in [2.75, 3.05) is 32.7 Å². The predicted molar refractivity (Wildman–Crippen MR) is 114 cm³/mol. The van der Waals surface area contributed by atoms with Crippen molar-refractivity contribution >= 4 is 35.6 Å². The number of aliphatic imine (C=N–C) groups is 1. The van der Waals surface area contributed by atoms with Gasteiger partial charge in [-0.15, -0.1) is 24.0 Å². The van der Waals surface area contributed by atoms with Crippen LogP contribution in [0.1, 0.15) is 12.0 Å². The Morgan fingerprint density at radius 3 is 2.69 bits per heavy atom. The number of methoxy groups -OCH3 is 1. The molecular weight excluding hydrogens is 445 g/mol. The van der Waals surface area contributed by atoms with Gasteiger partial charge in [0.25, 0.3) is 0 Å². The first-order chi connectivity index (χ1) is 12.3. The highest BCUT2D eigenvalue weighted by atomic mass is 127. The summed E-state index contributed by atoms with van der Waals surface area (Å²) < 4.78 is 16.6. The normalized spacial score (nSPS) is 13.2. The third kappa shape index (κ3) is 5.42. The van der Waals surface area contributed by atoms with Crippen molar-refractivity contribution < 1.29 is 14.2 Å². The van der Waals surface area contributed by atoms with Crippen LogP contribution in [0.3, 0.4) is 0 Å². The number of rotatable bonds is 4. The fourth-order valence-corrected chi connectivity index (χ4v) is 2.53. The van der Waals surface area contributed by atoms with Crippen LogP contribution in [-0.4, -0.2) is 33.3 Å². The molecule has 2 aromatic rings. The number of halogens is 1. The summed E-state index contributed by atoms with van der Waals surface area (Å²) in [7, 11) is 3.40. The minimum Gasteiger partial charge on any atom is -0.497 e. The van der Waals surface area contributed by atoms with Gasteiger partial charge in [-0.2, -0.15) is 0 Å². The van der Waals surface area contributed by atoms with Gasteiger partial charge in [0.2, 0.25) is 0 Å². The van der Waals surface area contributed by atoms with E-state index in [1.54, 1.807) is 14.2 Å². The lowest BCUT2D eigenvalue weighted by atomic mass is 10.2. The molecule has 2 aromatic carbocycles. The zero-order chi connectivity index (χ0) is 17.5. The number of hydrogen-bond donors (Lipinski definition) is 2. The molecule has 1 heterocycles. The van der Waals surface area contributed by atoms with E-state index >= 15 is 0 Å². The molecule has 26 heavy (non-hydrogen) atoms. The minimum absolute atomic E-state index is 0. The van der Waals surface area contributed by atoms with Gasteiger partial charge in [0.15, 0.2) is 17.5 Å². The summed E-state index contributed by atoms with van der Waals surface area (Å²) in [5, 5.41) is 6.56. The fourth-order valence-electron chi connectivity index (χ4n) is 2.53. The van der Waals surface area contributed by atoms with E-state index in [9.17, 15) is 0 Å². The third-order valence-corrected chi connectivity index (χ3v) is 3.83. The molecule has 1 aliphatic heterocycles. The van der Waals surface area contributed by atoms with Gasteiger partial charge in [0, 0.05) is 31.8 Å². The first kappa shape index (κ1) is 20.2. The van der Waals surface area contributed by atoms with Crippen LogP contribution in [0.15, 0.2) is 47.5 Å². The minimum atomic E-state index is 0. The van der Waals surface area contributed by atoms with Gasteiger partial charge in [-0.3, -0.25) is 4.99 Å². The van der Waals surface area contributed by atoms with Crippen molar-refractivity contribution in [1.29, 1.82) is 0 Å². The standard InChI is InChI=1S/C19H23N3O3.HI/c1-20-19(21-13-14-5-3-6-16(11-14)23-2)22-15-7-8-17-18(12-15)25-10-4-9-24-17;/h3,5-8,11-12H,4,9-10,13H2,1-2H3,(H2,20,21,22);1H. The quantitative estimate of drug-likeness (QED) is 0.407. The molecule has 2 N–H and O–H groups in total. The largest absolute Gasteiger partial charge is 0.497 e. The molecule has 0 unspecified atom stereocenters. The maximum absolute atomic E-state index is 5.72. The van der Waals surface area contributed by atoms with Gasteiger partial charge in [-0.1, -0.05) is 12.1 Å². The lowest BCUT2D eigenvalue weighted by Gasteiger charge is -2.14. The van der Waals surface area contributed by atoms with Gasteiger partial charge in [-0.05, 0) is 29.8 Å². The Kier molecular flexibility index (Phi) is 7.83. The summed E-state index contributed by atoms with van der Waals surface area (Å²) in [4.78, 5) is 4.26. The number of nitrogens with one attached hydrogen (secondary N) is 2. The summed E-state index contributed by atoms with van der Waals surface area (Å²) in [6.07, 6.45) is 0.890. The number of nitrogens with zero attached hydrogens (tertiary/aromatic N) is 1. The second-order valence-corrected chi connectivity index (χ2v) is 5.61. The molecule has 0 amide bonds. The Morgan fingerprint density at radius 2 is 1.92 bits per heavy atom. The molecule has 7 heteroatoms. The maximum atomic E-state index is 5.72. The highest BCUT2D eigenvalue weighted by Gasteiger charge is 2.11. The first-order valence-electron chi connectivity index (χ1n) is 8.29. The van der Waals surface area contributed by atoms with Gasteiger partial charge >= 0.3 is 0 Å². The van der Waals surface area contributed by atoms with E-state index in [4.69, 9.17) is 14.2 Å². The Balaban J connectivity index is 0.00000243. The molecule has 0 atom stereocenters. The second kappa shape index (κ2) is 10.1. The molecule has 0 radical (unpaired) electrons. The molecule has 1 aliphatic rings. The molecule has 0 aromatic heterocycles. The number of guanidine groups is 1. The van der Waals surface area contributed by atoms with Gasteiger partial charge in [-0.25, -0.2) is 0 Å². The Bertz CT molecular complexity index is 753. The highest BCUT2D eigenvalue weighted by Crippen LogP contribution is 2.32. The molecule has 0 saturated carbocycles. The monoisotopic (exact) mass is 469 g/mol. The smallest absolute Gasteiger partial charge is 0.195 e. The van der Waals surface area contributed by atoms with Gasteiger partial charge < -0.3 is 24.8 Å². The molecule has 0 bridgehead atoms. The molecular formula is C19H24IN3O3. The van der Waals surface area contributed by atoms with Crippen molar-refractivity contribution in [2.24, 2.45) is 4.99 Å². The molecule has 0 fully saturated rings. The zero-order valence-corrected chi connectivity index (χ0v) is 17.3. The summed E-state index contributed by atoms with van der Waals surface area (Å²) in [6, 6.07) is 13.7. The summed E-state index contributed by atoms with van der Waals surface area (Å²) in [5.74, 6) is 3.05. The van der Waals surface area contributed by atoms with Crippen molar-refractivity contribution in [3.05, 3.63) is 48.0 Å². The summed E-state index contributed by atoms with van der Waals surface area (Å²) in [6.45, 7) is 1.99. The van der Waals surface area contributed by atoms with E-state index in [-0.39, 0.29) is 24.0 Å². The van der Waals surface area contributed by atoms with Crippen LogP contribution in [0.2, 0.25) is 0 Å². The van der Waals surface area contributed by atoms with Crippen molar-refractivity contribution in [3.63, 3.8) is 0 Å². The maximum Gasteiger partial charge on any atom is 0.195 e. The van der Waals surface area contributed by atoms with Crippen molar-refractivity contribution in [3.8, 4) is 17.2 Å². The average Bonchev–Trinajstić information content (AvgIpc) is 2.90. The first-order valence-corrected chi connectivity index (χ1v) is 8.29. The topological polar surface area (TPSA) is 64.1 Å². The molecule has 6 nitrogen and oxygen atoms in total. The summed E-state index contributed by atoms with van der Waals surface area (Å²) in [5.41, 5.74) is 2.00. The highest BCUT2D eigenvalue weighted by molar-refractivity contribution is 14.0. The number of hydrogen-bond acceptors (Lipinski definition) is 4. The van der Waals surface area contributed by atoms with Crippen LogP contribution in [0.25, 0.3) is 0 Å². The SMILES string of the molecule is CN=C(NCc1cccc(OC)c1)Nc1ccc2c(c1)OCCCO2.I. The molecule has 0 saturated heterocycles. The third-order valence-electron chi connectivity index (χ3n) is 3.83. The number of ether oxygens (including phenoxy) is 3. The molecule has 140 valence electrons. The van der Waals surface area contributed by atoms with Crippen LogP contribution in [-0.2, 0) is 6.54 Å². The van der Waals surface area contributed by atoms with E-state index in [0.717, 1.165) is 34.9 Å². The average molecular weight is 469 g/mol. The Morgan fingerprint density at radius 1 is 1.12 bits per heavy atom. The molecule has 0 spiro atoms. The lowest BCUT2D eigenvalue weighted by molar-refractivity contribution is 0.297. The van der Waals surface area contributed by atoms with Crippen molar-refractivity contribution in [2.45, 2.75) is 13.0 Å².